The molecule has 3 heterocycles. The number of aryl methyl sites for hydroxylation is 1. The molecule has 9 heteroatoms. The van der Waals surface area contributed by atoms with Crippen LogP contribution in [-0.4, -0.2) is 51.4 Å². The molecule has 126 valence electrons. The van der Waals surface area contributed by atoms with Gasteiger partial charge in [-0.25, -0.2) is 8.42 Å². The SMILES string of the molecule is Cc1nn(C(C)C)c2cn(CC(=O)NC3CCS(=O)(=O)C3)nc12. The third-order valence-electron chi connectivity index (χ3n) is 3.98. The van der Waals surface area contributed by atoms with Gasteiger partial charge in [-0.15, -0.1) is 0 Å². The van der Waals surface area contributed by atoms with Crippen molar-refractivity contribution in [1.29, 1.82) is 0 Å². The Labute approximate surface area is 134 Å². The van der Waals surface area contributed by atoms with E-state index in [9.17, 15) is 13.2 Å². The first-order chi connectivity index (χ1) is 10.7. The molecule has 0 saturated carbocycles. The molecular weight excluding hydrogens is 318 g/mol. The first-order valence-electron chi connectivity index (χ1n) is 7.67. The Kier molecular flexibility index (Phi) is 3.91. The van der Waals surface area contributed by atoms with Gasteiger partial charge in [0.15, 0.2) is 9.84 Å². The van der Waals surface area contributed by atoms with Crippen LogP contribution in [0.3, 0.4) is 0 Å². The maximum absolute atomic E-state index is 12.1. The van der Waals surface area contributed by atoms with Gasteiger partial charge in [0.2, 0.25) is 5.91 Å². The monoisotopic (exact) mass is 339 g/mol. The number of nitrogens with one attached hydrogen (secondary N) is 1. The number of nitrogens with zero attached hydrogens (tertiary/aromatic N) is 4. The summed E-state index contributed by atoms with van der Waals surface area (Å²) in [5.41, 5.74) is 2.51. The average molecular weight is 339 g/mol. The van der Waals surface area contributed by atoms with E-state index in [1.54, 1.807) is 10.9 Å². The second kappa shape index (κ2) is 5.63. The first kappa shape index (κ1) is 16.0. The van der Waals surface area contributed by atoms with Crippen LogP contribution in [0.5, 0.6) is 0 Å². The van der Waals surface area contributed by atoms with Crippen molar-refractivity contribution in [3.63, 3.8) is 0 Å². The number of rotatable bonds is 4. The summed E-state index contributed by atoms with van der Waals surface area (Å²) in [6, 6.07) is -0.0771. The second-order valence-corrected chi connectivity index (χ2v) is 8.58. The van der Waals surface area contributed by atoms with Gasteiger partial charge in [-0.1, -0.05) is 0 Å². The first-order valence-corrected chi connectivity index (χ1v) is 9.49. The van der Waals surface area contributed by atoms with E-state index < -0.39 is 9.84 Å². The van der Waals surface area contributed by atoms with Gasteiger partial charge in [0, 0.05) is 12.1 Å². The number of hydrogen-bond acceptors (Lipinski definition) is 5. The van der Waals surface area contributed by atoms with Crippen molar-refractivity contribution >= 4 is 26.8 Å². The van der Waals surface area contributed by atoms with Gasteiger partial charge in [-0.05, 0) is 27.2 Å². The fourth-order valence-corrected chi connectivity index (χ4v) is 4.58. The lowest BCUT2D eigenvalue weighted by Gasteiger charge is -2.10. The van der Waals surface area contributed by atoms with Gasteiger partial charge >= 0.3 is 0 Å². The van der Waals surface area contributed by atoms with E-state index in [1.807, 2.05) is 25.5 Å². The largest absolute Gasteiger partial charge is 0.351 e. The smallest absolute Gasteiger partial charge is 0.241 e. The molecule has 8 nitrogen and oxygen atoms in total. The molecule has 2 aromatic heterocycles. The minimum absolute atomic E-state index is 0.0290. The van der Waals surface area contributed by atoms with Gasteiger partial charge in [0.1, 0.15) is 17.6 Å². The van der Waals surface area contributed by atoms with Crippen LogP contribution in [0.1, 0.15) is 32.0 Å². The molecule has 2 aromatic rings. The summed E-state index contributed by atoms with van der Waals surface area (Å²) in [7, 11) is -3.00. The van der Waals surface area contributed by atoms with Crippen LogP contribution in [0.4, 0.5) is 0 Å². The molecule has 1 fully saturated rings. The quantitative estimate of drug-likeness (QED) is 0.871. The van der Waals surface area contributed by atoms with Crippen molar-refractivity contribution in [3.8, 4) is 0 Å². The highest BCUT2D eigenvalue weighted by molar-refractivity contribution is 7.91. The highest BCUT2D eigenvalue weighted by atomic mass is 32.2. The van der Waals surface area contributed by atoms with Crippen molar-refractivity contribution < 1.29 is 13.2 Å². The molecule has 1 unspecified atom stereocenters. The number of carbonyl (C=O) groups is 1. The van der Waals surface area contributed by atoms with Crippen molar-refractivity contribution in [2.24, 2.45) is 0 Å². The molecule has 1 atom stereocenters. The van der Waals surface area contributed by atoms with E-state index in [4.69, 9.17) is 0 Å². The minimum Gasteiger partial charge on any atom is -0.351 e. The molecule has 1 N–H and O–H groups in total. The Morgan fingerprint density at radius 2 is 2.17 bits per heavy atom. The number of aromatic nitrogens is 4. The zero-order valence-corrected chi connectivity index (χ0v) is 14.3. The topological polar surface area (TPSA) is 98.9 Å². The Bertz CT molecular complexity index is 849. The van der Waals surface area contributed by atoms with E-state index in [0.717, 1.165) is 16.7 Å². The molecule has 0 radical (unpaired) electrons. The van der Waals surface area contributed by atoms with Crippen LogP contribution in [0.15, 0.2) is 6.20 Å². The molecule has 1 aliphatic heterocycles. The maximum atomic E-state index is 12.1. The van der Waals surface area contributed by atoms with E-state index in [2.05, 4.69) is 15.5 Å². The summed E-state index contributed by atoms with van der Waals surface area (Å²) in [5.74, 6) is -0.0483. The molecule has 1 saturated heterocycles. The lowest BCUT2D eigenvalue weighted by Crippen LogP contribution is -2.37. The molecule has 23 heavy (non-hydrogen) atoms. The molecule has 0 spiro atoms. The van der Waals surface area contributed by atoms with Gasteiger partial charge in [-0.3, -0.25) is 14.2 Å². The summed E-state index contributed by atoms with van der Waals surface area (Å²) < 4.78 is 26.3. The van der Waals surface area contributed by atoms with Crippen molar-refractivity contribution in [3.05, 3.63) is 11.9 Å². The summed E-state index contributed by atoms with van der Waals surface area (Å²) >= 11 is 0. The van der Waals surface area contributed by atoms with E-state index in [-0.39, 0.29) is 36.0 Å². The number of carbonyl (C=O) groups excluding carboxylic acids is 1. The highest BCUT2D eigenvalue weighted by Crippen LogP contribution is 2.19. The Balaban J connectivity index is 1.72. The predicted octanol–water partition coefficient (Wildman–Crippen LogP) is 0.425. The summed E-state index contributed by atoms with van der Waals surface area (Å²) in [6.07, 6.45) is 2.29. The van der Waals surface area contributed by atoms with Gasteiger partial charge < -0.3 is 5.32 Å². The zero-order chi connectivity index (χ0) is 16.8. The number of sulfone groups is 1. The summed E-state index contributed by atoms with van der Waals surface area (Å²) in [5, 5.41) is 11.6. The summed E-state index contributed by atoms with van der Waals surface area (Å²) in [4.78, 5) is 12.1. The average Bonchev–Trinajstić information content (AvgIpc) is 3.06. The van der Waals surface area contributed by atoms with E-state index in [0.29, 0.717) is 6.42 Å². The lowest BCUT2D eigenvalue weighted by atomic mass is 10.2. The number of hydrogen-bond donors (Lipinski definition) is 1. The third kappa shape index (κ3) is 3.24. The van der Waals surface area contributed by atoms with Crippen molar-refractivity contribution in [2.75, 3.05) is 11.5 Å². The predicted molar refractivity (Wildman–Crippen MR) is 85.8 cm³/mol. The Hall–Kier alpha value is -1.90. The van der Waals surface area contributed by atoms with Crippen LogP contribution < -0.4 is 5.32 Å². The Morgan fingerprint density at radius 1 is 1.43 bits per heavy atom. The molecule has 0 aliphatic carbocycles. The fourth-order valence-electron chi connectivity index (χ4n) is 2.90. The number of fused-ring (bicyclic) bond motifs is 1. The van der Waals surface area contributed by atoms with E-state index in [1.165, 1.54) is 0 Å². The second-order valence-electron chi connectivity index (χ2n) is 6.35. The zero-order valence-electron chi connectivity index (χ0n) is 13.5. The molecular formula is C14H21N5O3S. The van der Waals surface area contributed by atoms with Crippen LogP contribution in [-0.2, 0) is 21.2 Å². The summed E-state index contributed by atoms with van der Waals surface area (Å²) in [6.45, 7) is 6.04. The fraction of sp³-hybridized carbons (Fsp3) is 0.643. The molecule has 1 aliphatic rings. The van der Waals surface area contributed by atoms with Gasteiger partial charge in [-0.2, -0.15) is 10.2 Å². The molecule has 3 rings (SSSR count). The number of amides is 1. The van der Waals surface area contributed by atoms with Crippen molar-refractivity contribution in [2.45, 2.75) is 45.8 Å². The van der Waals surface area contributed by atoms with Crippen LogP contribution in [0, 0.1) is 6.92 Å². The highest BCUT2D eigenvalue weighted by Gasteiger charge is 2.29. The third-order valence-corrected chi connectivity index (χ3v) is 5.75. The van der Waals surface area contributed by atoms with Gasteiger partial charge in [0.05, 0.1) is 23.4 Å². The normalized spacial score (nSPS) is 20.4. The van der Waals surface area contributed by atoms with E-state index >= 15 is 0 Å². The van der Waals surface area contributed by atoms with Crippen LogP contribution >= 0.6 is 0 Å². The Morgan fingerprint density at radius 3 is 2.78 bits per heavy atom. The van der Waals surface area contributed by atoms with Crippen LogP contribution in [0.2, 0.25) is 0 Å². The van der Waals surface area contributed by atoms with Gasteiger partial charge in [0.25, 0.3) is 0 Å². The molecule has 0 bridgehead atoms. The van der Waals surface area contributed by atoms with Crippen LogP contribution in [0.25, 0.3) is 11.0 Å². The maximum Gasteiger partial charge on any atom is 0.241 e. The van der Waals surface area contributed by atoms with Crippen molar-refractivity contribution in [1.82, 2.24) is 24.9 Å². The minimum atomic E-state index is -3.00. The standard InChI is InChI=1S/C14H21N5O3S/c1-9(2)19-12-6-18(17-14(12)10(3)16-19)7-13(20)15-11-4-5-23(21,22)8-11/h6,9,11H,4-5,7-8H2,1-3H3,(H,15,20). The lowest BCUT2D eigenvalue weighted by molar-refractivity contribution is -0.122. The molecule has 1 amide bonds. The molecule has 0 aromatic carbocycles.